The molecule has 1 N–H and O–H groups in total. The van der Waals surface area contributed by atoms with E-state index in [-0.39, 0.29) is 18.1 Å². The van der Waals surface area contributed by atoms with Crippen molar-refractivity contribution in [3.05, 3.63) is 66.2 Å². The normalized spacial score (nSPS) is 10.4. The van der Waals surface area contributed by atoms with Crippen molar-refractivity contribution in [2.45, 2.75) is 6.54 Å². The van der Waals surface area contributed by atoms with Crippen LogP contribution >= 0.6 is 0 Å². The molecule has 0 atom stereocenters. The fraction of sp³-hybridized carbons (Fsp3) is 0.158. The minimum atomic E-state index is -0.515. The van der Waals surface area contributed by atoms with E-state index >= 15 is 0 Å². The zero-order valence-corrected chi connectivity index (χ0v) is 15.3. The number of carbonyl (C=O) groups is 2. The number of carbonyl (C=O) groups excluding carboxylic acids is 2. The fourth-order valence-corrected chi connectivity index (χ4v) is 2.26. The molecule has 0 bridgehead atoms. The number of anilines is 1. The van der Waals surface area contributed by atoms with E-state index in [4.69, 9.17) is 4.74 Å². The molecule has 0 spiro atoms. The second-order valence-corrected chi connectivity index (χ2v) is 6.10. The fourth-order valence-electron chi connectivity index (χ4n) is 2.26. The molecule has 9 heteroatoms. The third kappa shape index (κ3) is 4.70. The summed E-state index contributed by atoms with van der Waals surface area (Å²) in [6.07, 6.45) is 1.38. The zero-order chi connectivity index (χ0) is 20.1. The number of halogens is 1. The highest BCUT2D eigenvalue weighted by Gasteiger charge is 2.15. The van der Waals surface area contributed by atoms with E-state index < -0.39 is 11.7 Å². The number of para-hydroxylation sites is 2. The highest BCUT2D eigenvalue weighted by atomic mass is 19.1. The molecule has 28 heavy (non-hydrogen) atoms. The average molecular weight is 383 g/mol. The number of rotatable bonds is 6. The van der Waals surface area contributed by atoms with Gasteiger partial charge < -0.3 is 15.0 Å². The van der Waals surface area contributed by atoms with Crippen molar-refractivity contribution in [3.63, 3.8) is 0 Å². The van der Waals surface area contributed by atoms with Gasteiger partial charge in [0.15, 0.2) is 11.4 Å². The number of aromatic nitrogens is 3. The van der Waals surface area contributed by atoms with E-state index in [0.29, 0.717) is 17.2 Å². The highest BCUT2D eigenvalue weighted by Crippen LogP contribution is 2.29. The average Bonchev–Trinajstić information content (AvgIpc) is 3.12. The van der Waals surface area contributed by atoms with Crippen molar-refractivity contribution in [3.8, 4) is 11.5 Å². The van der Waals surface area contributed by atoms with Crippen LogP contribution in [-0.2, 0) is 11.3 Å². The van der Waals surface area contributed by atoms with Crippen LogP contribution in [0.1, 0.15) is 10.5 Å². The van der Waals surface area contributed by atoms with Crippen LogP contribution in [0.4, 0.5) is 10.1 Å². The molecule has 1 heterocycles. The van der Waals surface area contributed by atoms with Gasteiger partial charge in [-0.3, -0.25) is 9.59 Å². The molecule has 144 valence electrons. The lowest BCUT2D eigenvalue weighted by atomic mass is 10.2. The summed E-state index contributed by atoms with van der Waals surface area (Å²) in [7, 11) is 3.25. The Labute approximate surface area is 160 Å². The maximum atomic E-state index is 13.4. The first-order chi connectivity index (χ1) is 13.4. The number of ether oxygens (including phenoxy) is 1. The first-order valence-corrected chi connectivity index (χ1v) is 8.36. The summed E-state index contributed by atoms with van der Waals surface area (Å²) in [5, 5.41) is 10.3. The van der Waals surface area contributed by atoms with E-state index in [1.807, 2.05) is 0 Å². The van der Waals surface area contributed by atoms with Crippen LogP contribution in [0.3, 0.4) is 0 Å². The maximum absolute atomic E-state index is 13.4. The monoisotopic (exact) mass is 383 g/mol. The molecule has 8 nitrogen and oxygen atoms in total. The number of likely N-dealkylation sites (N-methyl/N-ethyl adjacent to an activating group) is 1. The number of nitrogens with one attached hydrogen (secondary N) is 1. The molecule has 0 saturated heterocycles. The Bertz CT molecular complexity index is 1000. The first kappa shape index (κ1) is 19.0. The summed E-state index contributed by atoms with van der Waals surface area (Å²) in [5.74, 6) is -0.473. The minimum Gasteiger partial charge on any atom is -0.455 e. The van der Waals surface area contributed by atoms with Crippen molar-refractivity contribution in [1.82, 2.24) is 19.9 Å². The summed E-state index contributed by atoms with van der Waals surface area (Å²) >= 11 is 0. The van der Waals surface area contributed by atoms with Gasteiger partial charge in [0.2, 0.25) is 5.91 Å². The van der Waals surface area contributed by atoms with Crippen molar-refractivity contribution < 1.29 is 18.7 Å². The number of nitrogens with zero attached hydrogens (tertiary/aromatic N) is 4. The van der Waals surface area contributed by atoms with Gasteiger partial charge in [-0.1, -0.05) is 23.4 Å². The molecule has 3 aromatic rings. The van der Waals surface area contributed by atoms with E-state index in [1.54, 1.807) is 44.4 Å². The quantitative estimate of drug-likeness (QED) is 0.707. The van der Waals surface area contributed by atoms with Crippen molar-refractivity contribution >= 4 is 17.5 Å². The highest BCUT2D eigenvalue weighted by molar-refractivity contribution is 6.03. The number of hydrogen-bond donors (Lipinski definition) is 1. The van der Waals surface area contributed by atoms with Crippen molar-refractivity contribution in [1.29, 1.82) is 0 Å². The first-order valence-electron chi connectivity index (χ1n) is 8.36. The van der Waals surface area contributed by atoms with Gasteiger partial charge in [0.1, 0.15) is 18.1 Å². The van der Waals surface area contributed by atoms with Crippen molar-refractivity contribution in [2.24, 2.45) is 0 Å². The summed E-state index contributed by atoms with van der Waals surface area (Å²) < 4.78 is 20.3. The summed E-state index contributed by atoms with van der Waals surface area (Å²) in [4.78, 5) is 25.6. The van der Waals surface area contributed by atoms with Crippen LogP contribution in [0, 0.1) is 5.82 Å². The van der Waals surface area contributed by atoms with Crippen LogP contribution in [0.25, 0.3) is 0 Å². The standard InChI is InChI=1S/C19H18FN5O3/c1-24(2)18(26)12-25-11-16(22-23-25)19(27)21-15-8-3-4-9-17(15)28-14-7-5-6-13(20)10-14/h3-11H,12H2,1-2H3,(H,21,27). The third-order valence-corrected chi connectivity index (χ3v) is 3.73. The number of amides is 2. The number of hydrogen-bond acceptors (Lipinski definition) is 5. The van der Waals surface area contributed by atoms with Crippen LogP contribution in [-0.4, -0.2) is 45.8 Å². The Hall–Kier alpha value is -3.75. The van der Waals surface area contributed by atoms with Gasteiger partial charge in [0.25, 0.3) is 5.91 Å². The van der Waals surface area contributed by atoms with Gasteiger partial charge in [0, 0.05) is 20.2 Å². The summed E-state index contributed by atoms with van der Waals surface area (Å²) in [6.45, 7) is -0.0213. The molecule has 0 fully saturated rings. The molecular weight excluding hydrogens is 365 g/mol. The van der Waals surface area contributed by atoms with Crippen LogP contribution in [0.15, 0.2) is 54.7 Å². The van der Waals surface area contributed by atoms with Gasteiger partial charge in [-0.25, -0.2) is 9.07 Å². The SMILES string of the molecule is CN(C)C(=O)Cn1cc(C(=O)Nc2ccccc2Oc2cccc(F)c2)nn1. The molecule has 0 aliphatic carbocycles. The van der Waals surface area contributed by atoms with Gasteiger partial charge in [-0.2, -0.15) is 0 Å². The van der Waals surface area contributed by atoms with E-state index in [0.717, 1.165) is 0 Å². The molecule has 2 amide bonds. The third-order valence-electron chi connectivity index (χ3n) is 3.73. The topological polar surface area (TPSA) is 89.4 Å². The second-order valence-electron chi connectivity index (χ2n) is 6.10. The van der Waals surface area contributed by atoms with E-state index in [2.05, 4.69) is 15.6 Å². The van der Waals surface area contributed by atoms with E-state index in [1.165, 1.54) is 34.0 Å². The number of benzene rings is 2. The van der Waals surface area contributed by atoms with Crippen LogP contribution < -0.4 is 10.1 Å². The van der Waals surface area contributed by atoms with Crippen LogP contribution in [0.5, 0.6) is 11.5 Å². The minimum absolute atomic E-state index is 0.0213. The molecule has 2 aromatic carbocycles. The van der Waals surface area contributed by atoms with Gasteiger partial charge in [0.05, 0.1) is 11.9 Å². The Balaban J connectivity index is 1.73. The molecular formula is C19H18FN5O3. The Morgan fingerprint density at radius 2 is 1.96 bits per heavy atom. The lowest BCUT2D eigenvalue weighted by Gasteiger charge is -2.11. The Morgan fingerprint density at radius 1 is 1.18 bits per heavy atom. The molecule has 0 saturated carbocycles. The molecule has 0 radical (unpaired) electrons. The van der Waals surface area contributed by atoms with Crippen molar-refractivity contribution in [2.75, 3.05) is 19.4 Å². The largest absolute Gasteiger partial charge is 0.455 e. The zero-order valence-electron chi connectivity index (χ0n) is 15.3. The van der Waals surface area contributed by atoms with Crippen LogP contribution in [0.2, 0.25) is 0 Å². The Morgan fingerprint density at radius 3 is 2.71 bits per heavy atom. The molecule has 0 aliphatic heterocycles. The molecule has 3 rings (SSSR count). The summed E-state index contributed by atoms with van der Waals surface area (Å²) in [6, 6.07) is 12.4. The lowest BCUT2D eigenvalue weighted by molar-refractivity contribution is -0.129. The van der Waals surface area contributed by atoms with Gasteiger partial charge in [-0.15, -0.1) is 5.10 Å². The lowest BCUT2D eigenvalue weighted by Crippen LogP contribution is -2.26. The summed E-state index contributed by atoms with van der Waals surface area (Å²) in [5.41, 5.74) is 0.433. The van der Waals surface area contributed by atoms with Gasteiger partial charge in [-0.05, 0) is 24.3 Å². The molecule has 1 aromatic heterocycles. The predicted octanol–water partition coefficient (Wildman–Crippen LogP) is 2.55. The molecule has 0 aliphatic rings. The Kier molecular flexibility index (Phi) is 5.64. The second kappa shape index (κ2) is 8.30. The van der Waals surface area contributed by atoms with Gasteiger partial charge >= 0.3 is 0 Å². The van der Waals surface area contributed by atoms with E-state index in [9.17, 15) is 14.0 Å². The smallest absolute Gasteiger partial charge is 0.277 e. The predicted molar refractivity (Wildman–Crippen MR) is 99.6 cm³/mol. The maximum Gasteiger partial charge on any atom is 0.277 e. The molecule has 0 unspecified atom stereocenters.